The minimum absolute atomic E-state index is 0.0584. The lowest BCUT2D eigenvalue weighted by molar-refractivity contribution is -0.112. The second-order valence-corrected chi connectivity index (χ2v) is 4.33. The van der Waals surface area contributed by atoms with Gasteiger partial charge < -0.3 is 5.32 Å². The number of pyridine rings is 1. The van der Waals surface area contributed by atoms with Crippen LogP contribution in [0.1, 0.15) is 4.88 Å². The number of carbonyl (C=O) groups excluding carboxylic acids is 1. The highest BCUT2D eigenvalue weighted by Crippen LogP contribution is 2.14. The van der Waals surface area contributed by atoms with E-state index in [1.165, 1.54) is 11.3 Å². The molecule has 4 nitrogen and oxygen atoms in total. The average Bonchev–Trinajstić information content (AvgIpc) is 2.90. The standard InChI is InChI=1S/C13H9N3OS/c14-9-10(8-11-4-3-7-18-11)13(17)16-12-5-1-2-6-15-12/h1-8H,(H,15,16,17). The number of anilines is 1. The molecule has 0 spiro atoms. The van der Waals surface area contributed by atoms with Gasteiger partial charge in [0.15, 0.2) is 0 Å². The SMILES string of the molecule is N#CC(=Cc1cccs1)C(=O)Nc1ccccn1. The van der Waals surface area contributed by atoms with Crippen LogP contribution in [-0.2, 0) is 4.79 Å². The zero-order chi connectivity index (χ0) is 12.8. The molecule has 0 fully saturated rings. The van der Waals surface area contributed by atoms with E-state index in [9.17, 15) is 4.79 Å². The average molecular weight is 255 g/mol. The first-order valence-corrected chi connectivity index (χ1v) is 6.05. The van der Waals surface area contributed by atoms with Crippen molar-refractivity contribution in [2.24, 2.45) is 0 Å². The summed E-state index contributed by atoms with van der Waals surface area (Å²) in [7, 11) is 0. The largest absolute Gasteiger partial charge is 0.306 e. The molecule has 1 N–H and O–H groups in total. The van der Waals surface area contributed by atoms with E-state index >= 15 is 0 Å². The third-order valence-electron chi connectivity index (χ3n) is 2.10. The molecule has 88 valence electrons. The smallest absolute Gasteiger partial charge is 0.267 e. The summed E-state index contributed by atoms with van der Waals surface area (Å²) in [5.74, 6) is -0.0283. The van der Waals surface area contributed by atoms with Crippen LogP contribution in [0.15, 0.2) is 47.5 Å². The molecule has 0 radical (unpaired) electrons. The van der Waals surface area contributed by atoms with Gasteiger partial charge in [-0.2, -0.15) is 5.26 Å². The van der Waals surface area contributed by atoms with Crippen LogP contribution in [0, 0.1) is 11.3 Å². The fourth-order valence-electron chi connectivity index (χ4n) is 1.28. The summed E-state index contributed by atoms with van der Waals surface area (Å²) in [6.07, 6.45) is 3.13. The van der Waals surface area contributed by atoms with Gasteiger partial charge in [0.1, 0.15) is 17.5 Å². The van der Waals surface area contributed by atoms with Gasteiger partial charge in [-0.3, -0.25) is 4.79 Å². The molecule has 2 aromatic rings. The van der Waals surface area contributed by atoms with Crippen molar-refractivity contribution in [1.82, 2.24) is 4.98 Å². The van der Waals surface area contributed by atoms with Crippen LogP contribution in [0.25, 0.3) is 6.08 Å². The number of nitriles is 1. The minimum Gasteiger partial charge on any atom is -0.306 e. The first kappa shape index (κ1) is 12.0. The molecule has 5 heteroatoms. The molecule has 0 aliphatic heterocycles. The molecule has 2 rings (SSSR count). The molecular formula is C13H9N3OS. The van der Waals surface area contributed by atoms with Gasteiger partial charge >= 0.3 is 0 Å². The van der Waals surface area contributed by atoms with Crippen molar-refractivity contribution >= 4 is 29.1 Å². The van der Waals surface area contributed by atoms with Gasteiger partial charge in [0, 0.05) is 11.1 Å². The quantitative estimate of drug-likeness (QED) is 0.677. The van der Waals surface area contributed by atoms with E-state index in [1.807, 2.05) is 23.6 Å². The summed E-state index contributed by atoms with van der Waals surface area (Å²) in [4.78, 5) is 16.7. The Morgan fingerprint density at radius 1 is 1.39 bits per heavy atom. The van der Waals surface area contributed by atoms with Gasteiger partial charge in [-0.1, -0.05) is 12.1 Å². The third-order valence-corrected chi connectivity index (χ3v) is 2.92. The molecule has 0 bridgehead atoms. The number of rotatable bonds is 3. The zero-order valence-corrected chi connectivity index (χ0v) is 10.1. The van der Waals surface area contributed by atoms with Crippen molar-refractivity contribution in [3.8, 4) is 6.07 Å². The summed E-state index contributed by atoms with van der Waals surface area (Å²) in [6, 6.07) is 10.8. The number of hydrogen-bond donors (Lipinski definition) is 1. The Kier molecular flexibility index (Phi) is 3.84. The van der Waals surface area contributed by atoms with Gasteiger partial charge in [-0.05, 0) is 29.7 Å². The Morgan fingerprint density at radius 3 is 2.89 bits per heavy atom. The number of nitrogens with zero attached hydrogens (tertiary/aromatic N) is 2. The Balaban J connectivity index is 2.15. The molecule has 0 atom stereocenters. The molecule has 0 aliphatic carbocycles. The maximum Gasteiger partial charge on any atom is 0.267 e. The van der Waals surface area contributed by atoms with Crippen molar-refractivity contribution < 1.29 is 4.79 Å². The highest BCUT2D eigenvalue weighted by Gasteiger charge is 2.09. The number of aromatic nitrogens is 1. The molecular weight excluding hydrogens is 246 g/mol. The predicted octanol–water partition coefficient (Wildman–Crippen LogP) is 2.69. The maximum absolute atomic E-state index is 11.8. The van der Waals surface area contributed by atoms with E-state index in [0.29, 0.717) is 5.82 Å². The van der Waals surface area contributed by atoms with E-state index in [2.05, 4.69) is 10.3 Å². The fourth-order valence-corrected chi connectivity index (χ4v) is 1.94. The number of hydrogen-bond acceptors (Lipinski definition) is 4. The lowest BCUT2D eigenvalue weighted by Crippen LogP contribution is -2.14. The number of carbonyl (C=O) groups is 1. The monoisotopic (exact) mass is 255 g/mol. The molecule has 0 saturated carbocycles. The topological polar surface area (TPSA) is 65.8 Å². The van der Waals surface area contributed by atoms with Crippen molar-refractivity contribution in [2.75, 3.05) is 5.32 Å². The molecule has 0 saturated heterocycles. The number of thiophene rings is 1. The molecule has 2 aromatic heterocycles. The first-order valence-electron chi connectivity index (χ1n) is 5.17. The van der Waals surface area contributed by atoms with Gasteiger partial charge in [0.2, 0.25) is 0 Å². The van der Waals surface area contributed by atoms with Gasteiger partial charge in [-0.15, -0.1) is 11.3 Å². The normalized spacial score (nSPS) is 10.7. The third kappa shape index (κ3) is 3.03. The predicted molar refractivity (Wildman–Crippen MR) is 70.8 cm³/mol. The van der Waals surface area contributed by atoms with Gasteiger partial charge in [0.05, 0.1) is 0 Å². The molecule has 2 heterocycles. The Hall–Kier alpha value is -2.45. The zero-order valence-electron chi connectivity index (χ0n) is 9.33. The lowest BCUT2D eigenvalue weighted by Gasteiger charge is -2.01. The van der Waals surface area contributed by atoms with Crippen molar-refractivity contribution in [3.63, 3.8) is 0 Å². The lowest BCUT2D eigenvalue weighted by atomic mass is 10.2. The van der Waals surface area contributed by atoms with E-state index < -0.39 is 5.91 Å². The van der Waals surface area contributed by atoms with E-state index in [4.69, 9.17) is 5.26 Å². The Bertz CT molecular complexity index is 597. The van der Waals surface area contributed by atoms with Crippen LogP contribution in [0.4, 0.5) is 5.82 Å². The van der Waals surface area contributed by atoms with Crippen LogP contribution < -0.4 is 5.32 Å². The fraction of sp³-hybridized carbons (Fsp3) is 0. The second kappa shape index (κ2) is 5.75. The molecule has 0 aromatic carbocycles. The highest BCUT2D eigenvalue weighted by molar-refractivity contribution is 7.10. The van der Waals surface area contributed by atoms with Gasteiger partial charge in [0.25, 0.3) is 5.91 Å². The molecule has 0 aliphatic rings. The highest BCUT2D eigenvalue weighted by atomic mass is 32.1. The van der Waals surface area contributed by atoms with E-state index in [0.717, 1.165) is 4.88 Å². The second-order valence-electron chi connectivity index (χ2n) is 3.35. The van der Waals surface area contributed by atoms with Crippen molar-refractivity contribution in [2.45, 2.75) is 0 Å². The Labute approximate surface area is 108 Å². The number of amides is 1. The summed E-state index contributed by atoms with van der Waals surface area (Å²) >= 11 is 1.47. The molecule has 0 unspecified atom stereocenters. The summed E-state index contributed by atoms with van der Waals surface area (Å²) < 4.78 is 0. The first-order chi connectivity index (χ1) is 8.79. The van der Waals surface area contributed by atoms with Crippen LogP contribution in [0.3, 0.4) is 0 Å². The molecule has 1 amide bonds. The minimum atomic E-state index is -0.454. The van der Waals surface area contributed by atoms with Crippen LogP contribution in [0.5, 0.6) is 0 Å². The summed E-state index contributed by atoms with van der Waals surface area (Å²) in [5.41, 5.74) is 0.0584. The van der Waals surface area contributed by atoms with Crippen molar-refractivity contribution in [1.29, 1.82) is 5.26 Å². The van der Waals surface area contributed by atoms with Crippen LogP contribution in [-0.4, -0.2) is 10.9 Å². The van der Waals surface area contributed by atoms with Crippen LogP contribution >= 0.6 is 11.3 Å². The van der Waals surface area contributed by atoms with Gasteiger partial charge in [-0.25, -0.2) is 4.98 Å². The summed E-state index contributed by atoms with van der Waals surface area (Å²) in [6.45, 7) is 0. The van der Waals surface area contributed by atoms with E-state index in [-0.39, 0.29) is 5.57 Å². The summed E-state index contributed by atoms with van der Waals surface area (Å²) in [5, 5.41) is 13.4. The number of nitrogens with one attached hydrogen (secondary N) is 1. The Morgan fingerprint density at radius 2 is 2.28 bits per heavy atom. The van der Waals surface area contributed by atoms with Crippen LogP contribution in [0.2, 0.25) is 0 Å². The molecule has 18 heavy (non-hydrogen) atoms. The maximum atomic E-state index is 11.8. The van der Waals surface area contributed by atoms with E-state index in [1.54, 1.807) is 30.5 Å². The van der Waals surface area contributed by atoms with Crippen molar-refractivity contribution in [3.05, 3.63) is 52.4 Å².